The Balaban J connectivity index is 4.07. The fourth-order valence-corrected chi connectivity index (χ4v) is 10.8. The zero-order valence-corrected chi connectivity index (χ0v) is 53.3. The monoisotopic (exact) mass is 1120 g/mol. The number of allylic oxidation sites excluding steroid dienone is 10. The standard InChI is InChI=1S/C69H131N2O6P/c1-6-8-10-12-14-16-18-20-22-24-26-28-30-32-34-35-37-39-41-43-45-47-49-51-53-55-57-59-61-63-69(73)70-67(66-77-78(74,75)76-65-64-71(3,4)5)68(72)62-60-58-56-54-52-50-48-46-44-42-40-38-36-33-31-29-27-25-23-21-19-17-15-13-11-9-7-2/h8,10,14,16,20,22,26,28,32,34,67-68,72H,6-7,9,11-13,15,17-19,21,23-25,27,29-31,33,35-66H2,1-5H3,(H-,70,73,74,75)/p+1/b10-8-,16-14-,22-20-,28-26-,34-32-. The van der Waals surface area contributed by atoms with Crippen molar-refractivity contribution in [3.05, 3.63) is 60.8 Å². The van der Waals surface area contributed by atoms with Gasteiger partial charge >= 0.3 is 7.82 Å². The molecule has 0 aromatic heterocycles. The van der Waals surface area contributed by atoms with Gasteiger partial charge in [0, 0.05) is 6.42 Å². The van der Waals surface area contributed by atoms with Crippen molar-refractivity contribution in [3.8, 4) is 0 Å². The molecule has 0 heterocycles. The van der Waals surface area contributed by atoms with E-state index < -0.39 is 20.0 Å². The van der Waals surface area contributed by atoms with E-state index in [1.165, 1.54) is 225 Å². The van der Waals surface area contributed by atoms with E-state index in [1.807, 2.05) is 21.1 Å². The molecule has 0 aromatic carbocycles. The second-order valence-corrected chi connectivity index (χ2v) is 25.6. The van der Waals surface area contributed by atoms with Gasteiger partial charge in [-0.2, -0.15) is 0 Å². The maximum absolute atomic E-state index is 13.1. The Morgan fingerprint density at radius 2 is 0.769 bits per heavy atom. The molecular weight excluding hydrogens is 984 g/mol. The molecule has 458 valence electrons. The minimum absolute atomic E-state index is 0.0738. The van der Waals surface area contributed by atoms with Crippen LogP contribution in [0.2, 0.25) is 0 Å². The number of nitrogens with zero attached hydrogens (tertiary/aromatic N) is 1. The minimum Gasteiger partial charge on any atom is -0.391 e. The highest BCUT2D eigenvalue weighted by Crippen LogP contribution is 2.43. The average Bonchev–Trinajstić information content (AvgIpc) is 3.41. The number of aliphatic hydroxyl groups is 1. The number of quaternary nitrogens is 1. The van der Waals surface area contributed by atoms with Crippen LogP contribution in [-0.2, 0) is 18.4 Å². The Bertz CT molecular complexity index is 1450. The van der Waals surface area contributed by atoms with E-state index in [1.54, 1.807) is 0 Å². The summed E-state index contributed by atoms with van der Waals surface area (Å²) in [5, 5.41) is 14.1. The molecule has 0 saturated carbocycles. The molecule has 0 fully saturated rings. The second-order valence-electron chi connectivity index (χ2n) is 24.2. The normalized spacial score (nSPS) is 14.1. The minimum atomic E-state index is -4.33. The predicted molar refractivity (Wildman–Crippen MR) is 341 cm³/mol. The van der Waals surface area contributed by atoms with Crippen molar-refractivity contribution in [2.45, 2.75) is 334 Å². The van der Waals surface area contributed by atoms with E-state index in [9.17, 15) is 19.4 Å². The van der Waals surface area contributed by atoms with Crippen LogP contribution < -0.4 is 5.32 Å². The van der Waals surface area contributed by atoms with Gasteiger partial charge in [0.2, 0.25) is 5.91 Å². The first kappa shape index (κ1) is 76.2. The highest BCUT2D eigenvalue weighted by Gasteiger charge is 2.28. The number of carbonyl (C=O) groups is 1. The zero-order valence-electron chi connectivity index (χ0n) is 52.4. The Labute approximate surface area is 485 Å². The van der Waals surface area contributed by atoms with Crippen molar-refractivity contribution in [2.24, 2.45) is 0 Å². The fraction of sp³-hybridized carbons (Fsp3) is 0.841. The number of rotatable bonds is 62. The second kappa shape index (κ2) is 59.8. The van der Waals surface area contributed by atoms with E-state index in [-0.39, 0.29) is 19.1 Å². The molecule has 3 N–H and O–H groups in total. The number of likely N-dealkylation sites (N-methyl/N-ethyl adjacent to an activating group) is 1. The summed E-state index contributed by atoms with van der Waals surface area (Å²) in [6, 6.07) is -0.765. The lowest BCUT2D eigenvalue weighted by atomic mass is 10.0. The summed E-state index contributed by atoms with van der Waals surface area (Å²) in [7, 11) is 1.62. The Hall–Kier alpha value is -1.80. The van der Waals surface area contributed by atoms with Crippen molar-refractivity contribution in [1.82, 2.24) is 5.32 Å². The molecule has 0 aliphatic rings. The van der Waals surface area contributed by atoms with Gasteiger partial charge in [-0.1, -0.05) is 319 Å². The van der Waals surface area contributed by atoms with Gasteiger partial charge in [0.15, 0.2) is 0 Å². The summed E-state index contributed by atoms with van der Waals surface area (Å²) < 4.78 is 23.9. The van der Waals surface area contributed by atoms with Crippen molar-refractivity contribution >= 4 is 13.7 Å². The van der Waals surface area contributed by atoms with Crippen LogP contribution in [0.15, 0.2) is 60.8 Å². The summed E-state index contributed by atoms with van der Waals surface area (Å²) >= 11 is 0. The molecule has 0 rings (SSSR count). The molecule has 0 aliphatic heterocycles. The van der Waals surface area contributed by atoms with Crippen LogP contribution in [0.5, 0.6) is 0 Å². The van der Waals surface area contributed by atoms with Gasteiger partial charge in [-0.3, -0.25) is 13.8 Å². The molecule has 0 saturated heterocycles. The SMILES string of the molecule is CC/C=C\C/C=C\C/C=C\C/C=C\C/C=C\CCCCCCCCCCCCCCCC(=O)NC(COP(=O)(O)OCC[N+](C)(C)C)C(O)CCCCCCCCCCCCCCCCCCCCCCCCCCCCC. The quantitative estimate of drug-likeness (QED) is 0.0243. The third kappa shape index (κ3) is 61.8. The van der Waals surface area contributed by atoms with Gasteiger partial charge in [-0.05, 0) is 57.8 Å². The Kier molecular flexibility index (Phi) is 58.4. The molecule has 0 aromatic rings. The van der Waals surface area contributed by atoms with E-state index in [4.69, 9.17) is 9.05 Å². The van der Waals surface area contributed by atoms with E-state index >= 15 is 0 Å². The fourth-order valence-electron chi connectivity index (χ4n) is 10.1. The number of hydrogen-bond acceptors (Lipinski definition) is 5. The Morgan fingerprint density at radius 3 is 1.13 bits per heavy atom. The Morgan fingerprint density at radius 1 is 0.449 bits per heavy atom. The predicted octanol–water partition coefficient (Wildman–Crippen LogP) is 21.2. The average molecular weight is 1120 g/mol. The maximum atomic E-state index is 13.1. The van der Waals surface area contributed by atoms with Gasteiger partial charge in [0.1, 0.15) is 13.2 Å². The maximum Gasteiger partial charge on any atom is 0.472 e. The van der Waals surface area contributed by atoms with Crippen LogP contribution in [-0.4, -0.2) is 73.4 Å². The van der Waals surface area contributed by atoms with Crippen molar-refractivity contribution in [3.63, 3.8) is 0 Å². The first-order chi connectivity index (χ1) is 38.0. The summed E-state index contributed by atoms with van der Waals surface area (Å²) in [5.41, 5.74) is 0. The lowest BCUT2D eigenvalue weighted by molar-refractivity contribution is -0.870. The van der Waals surface area contributed by atoms with Crippen molar-refractivity contribution in [1.29, 1.82) is 0 Å². The van der Waals surface area contributed by atoms with Crippen molar-refractivity contribution < 1.29 is 32.9 Å². The molecular formula is C69H132N2O6P+. The first-order valence-electron chi connectivity index (χ1n) is 33.7. The van der Waals surface area contributed by atoms with E-state index in [2.05, 4.69) is 79.9 Å². The largest absolute Gasteiger partial charge is 0.472 e. The van der Waals surface area contributed by atoms with Crippen molar-refractivity contribution in [2.75, 3.05) is 40.9 Å². The third-order valence-corrected chi connectivity index (χ3v) is 16.3. The van der Waals surface area contributed by atoms with E-state index in [0.717, 1.165) is 70.6 Å². The molecule has 78 heavy (non-hydrogen) atoms. The van der Waals surface area contributed by atoms with E-state index in [0.29, 0.717) is 23.9 Å². The van der Waals surface area contributed by atoms with Gasteiger partial charge in [0.25, 0.3) is 0 Å². The van der Waals surface area contributed by atoms with Gasteiger partial charge in [-0.15, -0.1) is 0 Å². The number of hydrogen-bond donors (Lipinski definition) is 3. The summed E-state index contributed by atoms with van der Waals surface area (Å²) in [5.74, 6) is -0.143. The lowest BCUT2D eigenvalue weighted by Gasteiger charge is -2.26. The molecule has 0 radical (unpaired) electrons. The molecule has 8 nitrogen and oxygen atoms in total. The lowest BCUT2D eigenvalue weighted by Crippen LogP contribution is -2.46. The molecule has 3 unspecified atom stereocenters. The molecule has 9 heteroatoms. The topological polar surface area (TPSA) is 105 Å². The van der Waals surface area contributed by atoms with Crippen LogP contribution in [0.4, 0.5) is 0 Å². The summed E-state index contributed by atoms with van der Waals surface area (Å²) in [6.07, 6.45) is 81.6. The molecule has 0 spiro atoms. The zero-order chi connectivity index (χ0) is 57.0. The van der Waals surface area contributed by atoms with Crippen LogP contribution in [0.1, 0.15) is 322 Å². The first-order valence-corrected chi connectivity index (χ1v) is 35.1. The van der Waals surface area contributed by atoms with Crippen LogP contribution in [0.3, 0.4) is 0 Å². The van der Waals surface area contributed by atoms with Gasteiger partial charge in [-0.25, -0.2) is 4.57 Å². The number of nitrogens with one attached hydrogen (secondary N) is 1. The number of phosphoric ester groups is 1. The molecule has 1 amide bonds. The number of aliphatic hydroxyl groups excluding tert-OH is 1. The highest BCUT2D eigenvalue weighted by molar-refractivity contribution is 7.47. The van der Waals surface area contributed by atoms with Crippen LogP contribution in [0.25, 0.3) is 0 Å². The molecule has 0 aliphatic carbocycles. The van der Waals surface area contributed by atoms with Gasteiger partial charge in [0.05, 0.1) is 39.9 Å². The summed E-state index contributed by atoms with van der Waals surface area (Å²) in [4.78, 5) is 23.4. The van der Waals surface area contributed by atoms with Crippen LogP contribution in [0, 0.1) is 0 Å². The van der Waals surface area contributed by atoms with Gasteiger partial charge < -0.3 is 19.8 Å². The molecule has 3 atom stereocenters. The smallest absolute Gasteiger partial charge is 0.391 e. The van der Waals surface area contributed by atoms with Crippen LogP contribution >= 0.6 is 7.82 Å². The number of unbranched alkanes of at least 4 members (excludes halogenated alkanes) is 39. The highest BCUT2D eigenvalue weighted by atomic mass is 31.2. The number of amides is 1. The summed E-state index contributed by atoms with van der Waals surface area (Å²) in [6.45, 7) is 4.82. The molecule has 0 bridgehead atoms. The number of carbonyl (C=O) groups excluding carboxylic acids is 1. The number of phosphoric acid groups is 1. The third-order valence-electron chi connectivity index (χ3n) is 15.3.